The smallest absolute Gasteiger partial charge is 0.248 e. The first-order valence-corrected chi connectivity index (χ1v) is 10.6. The van der Waals surface area contributed by atoms with Gasteiger partial charge in [-0.2, -0.15) is 4.31 Å². The maximum Gasteiger partial charge on any atom is 0.248 e. The highest BCUT2D eigenvalue weighted by Crippen LogP contribution is 2.28. The fraction of sp³-hybridized carbons (Fsp3) is 0.765. The molecule has 1 amide bonds. The lowest BCUT2D eigenvalue weighted by Crippen LogP contribution is -2.47. The van der Waals surface area contributed by atoms with Gasteiger partial charge in [0.2, 0.25) is 15.9 Å². The zero-order valence-corrected chi connectivity index (χ0v) is 16.3. The molecular weight excluding hydrogens is 358 g/mol. The molecule has 2 atom stereocenters. The predicted octanol–water partition coefficient (Wildman–Crippen LogP) is 1.38. The number of nitrogens with zero attached hydrogens (tertiary/aromatic N) is 2. The number of aryl methyl sites for hydroxylation is 2. The highest BCUT2D eigenvalue weighted by atomic mass is 32.2. The molecule has 1 aromatic heterocycles. The second-order valence-electron chi connectivity index (χ2n) is 7.18. The van der Waals surface area contributed by atoms with E-state index in [2.05, 4.69) is 10.5 Å². The van der Waals surface area contributed by atoms with Crippen molar-refractivity contribution in [1.82, 2.24) is 14.8 Å². The lowest BCUT2D eigenvalue weighted by atomic mass is 9.96. The van der Waals surface area contributed by atoms with Crippen molar-refractivity contribution in [1.29, 1.82) is 0 Å². The minimum absolute atomic E-state index is 0.0117. The molecule has 0 aliphatic carbocycles. The fourth-order valence-electron chi connectivity index (χ4n) is 3.76. The Balaban J connectivity index is 1.57. The topological polar surface area (TPSA) is 102 Å². The number of hydrogen-bond donors (Lipinski definition) is 1. The number of hydrogen-bond acceptors (Lipinski definition) is 6. The molecule has 0 spiro atoms. The van der Waals surface area contributed by atoms with Gasteiger partial charge in [-0.05, 0) is 46.5 Å². The first-order valence-electron chi connectivity index (χ1n) is 9.15. The van der Waals surface area contributed by atoms with Crippen molar-refractivity contribution in [3.05, 3.63) is 11.5 Å². The minimum atomic E-state index is -3.64. The molecule has 2 aliphatic heterocycles. The van der Waals surface area contributed by atoms with Crippen LogP contribution in [-0.2, 0) is 19.6 Å². The summed E-state index contributed by atoms with van der Waals surface area (Å²) in [6, 6.07) is -0.0194. The molecule has 2 saturated heterocycles. The van der Waals surface area contributed by atoms with Crippen LogP contribution in [-0.4, -0.2) is 55.6 Å². The number of rotatable bonds is 5. The molecule has 0 saturated carbocycles. The van der Waals surface area contributed by atoms with Crippen LogP contribution in [0.1, 0.15) is 44.1 Å². The summed E-state index contributed by atoms with van der Waals surface area (Å²) in [5.74, 6) is 0.116. The van der Waals surface area contributed by atoms with Gasteiger partial charge < -0.3 is 14.6 Å². The number of ether oxygens (including phenoxy) is 1. The summed E-state index contributed by atoms with van der Waals surface area (Å²) in [6.07, 6.45) is 3.09. The maximum absolute atomic E-state index is 12.8. The van der Waals surface area contributed by atoms with Crippen molar-refractivity contribution in [3.63, 3.8) is 0 Å². The van der Waals surface area contributed by atoms with Gasteiger partial charge in [0.15, 0.2) is 5.76 Å². The second-order valence-corrected chi connectivity index (χ2v) is 9.06. The SMILES string of the molecule is Cc1noc(C)c1S(=O)(=O)N1CCC(C(=O)N[C@H](C)[C@H]2CCCO2)CC1. The molecule has 0 unspecified atom stereocenters. The minimum Gasteiger partial charge on any atom is -0.376 e. The van der Waals surface area contributed by atoms with E-state index in [9.17, 15) is 13.2 Å². The molecule has 1 N–H and O–H groups in total. The fourth-order valence-corrected chi connectivity index (χ4v) is 5.52. The van der Waals surface area contributed by atoms with E-state index in [0.717, 1.165) is 19.4 Å². The van der Waals surface area contributed by atoms with Gasteiger partial charge in [-0.15, -0.1) is 0 Å². The molecule has 3 rings (SSSR count). The van der Waals surface area contributed by atoms with Crippen LogP contribution in [0.5, 0.6) is 0 Å². The Morgan fingerprint density at radius 1 is 1.27 bits per heavy atom. The number of carbonyl (C=O) groups is 1. The molecule has 2 aliphatic rings. The van der Waals surface area contributed by atoms with E-state index < -0.39 is 10.0 Å². The first kappa shape index (κ1) is 19.3. The molecule has 146 valence electrons. The van der Waals surface area contributed by atoms with Crippen LogP contribution >= 0.6 is 0 Å². The zero-order valence-electron chi connectivity index (χ0n) is 15.5. The quantitative estimate of drug-likeness (QED) is 0.821. The summed E-state index contributed by atoms with van der Waals surface area (Å²) in [7, 11) is -3.64. The van der Waals surface area contributed by atoms with Gasteiger partial charge in [0.05, 0.1) is 12.1 Å². The Bertz CT molecular complexity index is 727. The molecule has 2 fully saturated rings. The van der Waals surface area contributed by atoms with E-state index in [-0.39, 0.29) is 28.9 Å². The van der Waals surface area contributed by atoms with E-state index in [4.69, 9.17) is 9.26 Å². The third-order valence-electron chi connectivity index (χ3n) is 5.28. The molecule has 0 bridgehead atoms. The van der Waals surface area contributed by atoms with Crippen LogP contribution in [0, 0.1) is 19.8 Å². The molecule has 1 aromatic rings. The van der Waals surface area contributed by atoms with Crippen LogP contribution in [0.3, 0.4) is 0 Å². The molecule has 3 heterocycles. The summed E-state index contributed by atoms with van der Waals surface area (Å²) in [6.45, 7) is 6.57. The van der Waals surface area contributed by atoms with Crippen molar-refractivity contribution in [3.8, 4) is 0 Å². The van der Waals surface area contributed by atoms with E-state index in [0.29, 0.717) is 37.4 Å². The third-order valence-corrected chi connectivity index (χ3v) is 7.43. The lowest BCUT2D eigenvalue weighted by molar-refractivity contribution is -0.127. The Hall–Kier alpha value is -1.45. The maximum atomic E-state index is 12.8. The van der Waals surface area contributed by atoms with Gasteiger partial charge in [0.25, 0.3) is 0 Å². The highest BCUT2D eigenvalue weighted by Gasteiger charge is 2.36. The second kappa shape index (κ2) is 7.66. The predicted molar refractivity (Wildman–Crippen MR) is 94.0 cm³/mol. The molecule has 0 aromatic carbocycles. The van der Waals surface area contributed by atoms with Crippen molar-refractivity contribution < 1.29 is 22.5 Å². The van der Waals surface area contributed by atoms with Crippen molar-refractivity contribution in [2.45, 2.75) is 63.5 Å². The number of piperidine rings is 1. The van der Waals surface area contributed by atoms with Crippen LogP contribution in [0.15, 0.2) is 9.42 Å². The first-order chi connectivity index (χ1) is 12.3. The van der Waals surface area contributed by atoms with Crippen LogP contribution in [0.2, 0.25) is 0 Å². The van der Waals surface area contributed by atoms with E-state index in [1.54, 1.807) is 13.8 Å². The van der Waals surface area contributed by atoms with Gasteiger partial charge >= 0.3 is 0 Å². The molecular formula is C17H27N3O5S. The largest absolute Gasteiger partial charge is 0.376 e. The Kier molecular flexibility index (Phi) is 5.69. The van der Waals surface area contributed by atoms with Crippen molar-refractivity contribution >= 4 is 15.9 Å². The number of sulfonamides is 1. The Morgan fingerprint density at radius 3 is 2.50 bits per heavy atom. The summed E-state index contributed by atoms with van der Waals surface area (Å²) < 4.78 is 37.7. The van der Waals surface area contributed by atoms with Gasteiger partial charge in [-0.25, -0.2) is 8.42 Å². The molecule has 9 heteroatoms. The zero-order chi connectivity index (χ0) is 18.9. The summed E-state index contributed by atoms with van der Waals surface area (Å²) in [4.78, 5) is 12.6. The van der Waals surface area contributed by atoms with Crippen LogP contribution < -0.4 is 5.32 Å². The van der Waals surface area contributed by atoms with Crippen LogP contribution in [0.25, 0.3) is 0 Å². The van der Waals surface area contributed by atoms with E-state index >= 15 is 0 Å². The Labute approximate surface area is 154 Å². The lowest BCUT2D eigenvalue weighted by Gasteiger charge is -2.31. The third kappa shape index (κ3) is 3.79. The average molecular weight is 385 g/mol. The number of aromatic nitrogens is 1. The van der Waals surface area contributed by atoms with Crippen LogP contribution in [0.4, 0.5) is 0 Å². The van der Waals surface area contributed by atoms with Gasteiger partial charge in [-0.3, -0.25) is 4.79 Å². The standard InChI is InChI=1S/C17H27N3O5S/c1-11(15-5-4-10-24-15)18-17(21)14-6-8-20(9-7-14)26(22,23)16-12(2)19-25-13(16)3/h11,14-15H,4-10H2,1-3H3,(H,18,21)/t11-,15-/m1/s1. The molecule has 8 nitrogen and oxygen atoms in total. The summed E-state index contributed by atoms with van der Waals surface area (Å²) >= 11 is 0. The molecule has 0 radical (unpaired) electrons. The summed E-state index contributed by atoms with van der Waals surface area (Å²) in [5.41, 5.74) is 0.368. The highest BCUT2D eigenvalue weighted by molar-refractivity contribution is 7.89. The van der Waals surface area contributed by atoms with Gasteiger partial charge in [-0.1, -0.05) is 5.16 Å². The van der Waals surface area contributed by atoms with Crippen molar-refractivity contribution in [2.75, 3.05) is 19.7 Å². The van der Waals surface area contributed by atoms with Gasteiger partial charge in [0.1, 0.15) is 10.6 Å². The number of carbonyl (C=O) groups excluding carboxylic acids is 1. The normalized spacial score (nSPS) is 23.9. The monoisotopic (exact) mass is 385 g/mol. The van der Waals surface area contributed by atoms with E-state index in [1.165, 1.54) is 4.31 Å². The summed E-state index contributed by atoms with van der Waals surface area (Å²) in [5, 5.41) is 6.77. The Morgan fingerprint density at radius 2 is 1.96 bits per heavy atom. The van der Waals surface area contributed by atoms with Gasteiger partial charge in [0, 0.05) is 25.6 Å². The number of amides is 1. The van der Waals surface area contributed by atoms with Crippen molar-refractivity contribution in [2.24, 2.45) is 5.92 Å². The van der Waals surface area contributed by atoms with E-state index in [1.807, 2.05) is 6.92 Å². The average Bonchev–Trinajstić information content (AvgIpc) is 3.25. The number of nitrogens with one attached hydrogen (secondary N) is 1. The molecule has 26 heavy (non-hydrogen) atoms.